The Hall–Kier alpha value is -2.40. The molecule has 0 unspecified atom stereocenters. The number of nitrogens with zero attached hydrogens (tertiary/aromatic N) is 3. The van der Waals surface area contributed by atoms with Crippen LogP contribution in [0.3, 0.4) is 0 Å². The van der Waals surface area contributed by atoms with Crippen molar-refractivity contribution < 1.29 is 4.79 Å². The number of carbonyl (C=O) groups is 1. The van der Waals surface area contributed by atoms with Crippen molar-refractivity contribution in [2.45, 2.75) is 13.1 Å². The van der Waals surface area contributed by atoms with Gasteiger partial charge in [0.1, 0.15) is 0 Å². The summed E-state index contributed by atoms with van der Waals surface area (Å²) in [6.07, 6.45) is 3.80. The van der Waals surface area contributed by atoms with E-state index in [1.54, 1.807) is 11.9 Å². The number of aromatic nitrogens is 2. The van der Waals surface area contributed by atoms with Gasteiger partial charge in [0.2, 0.25) is 0 Å². The van der Waals surface area contributed by atoms with Crippen LogP contribution in [0.1, 0.15) is 21.5 Å². The number of hydrogen-bond acceptors (Lipinski definition) is 2. The van der Waals surface area contributed by atoms with Crippen molar-refractivity contribution >= 4 is 21.8 Å². The van der Waals surface area contributed by atoms with Gasteiger partial charge in [-0.05, 0) is 29.8 Å². The maximum atomic E-state index is 12.4. The molecular weight excluding hydrogens is 366 g/mol. The summed E-state index contributed by atoms with van der Waals surface area (Å²) in [6, 6.07) is 17.6. The average molecular weight is 384 g/mol. The Bertz CT molecular complexity index is 812. The zero-order valence-electron chi connectivity index (χ0n) is 13.4. The predicted molar refractivity (Wildman–Crippen MR) is 97.7 cm³/mol. The minimum absolute atomic E-state index is 0.00157. The van der Waals surface area contributed by atoms with Crippen LogP contribution in [0, 0.1) is 0 Å². The van der Waals surface area contributed by atoms with Gasteiger partial charge in [-0.2, -0.15) is 5.10 Å². The molecule has 0 fully saturated rings. The highest BCUT2D eigenvalue weighted by atomic mass is 79.9. The summed E-state index contributed by atoms with van der Waals surface area (Å²) in [5, 5.41) is 4.38. The van der Waals surface area contributed by atoms with Crippen molar-refractivity contribution in [3.8, 4) is 0 Å². The molecule has 4 nitrogen and oxygen atoms in total. The third-order valence-corrected chi connectivity index (χ3v) is 4.26. The zero-order valence-corrected chi connectivity index (χ0v) is 15.0. The lowest BCUT2D eigenvalue weighted by molar-refractivity contribution is 0.0785. The van der Waals surface area contributed by atoms with Gasteiger partial charge in [0.25, 0.3) is 5.91 Å². The SMILES string of the molecule is CN(Cc1cnn(Cc2ccccc2)c1)C(=O)c1ccc(Br)cc1. The lowest BCUT2D eigenvalue weighted by atomic mass is 10.2. The maximum Gasteiger partial charge on any atom is 0.253 e. The van der Waals surface area contributed by atoms with Gasteiger partial charge in [-0.15, -0.1) is 0 Å². The topological polar surface area (TPSA) is 38.1 Å². The number of amides is 1. The van der Waals surface area contributed by atoms with E-state index in [0.717, 1.165) is 16.6 Å². The second-order valence-corrected chi connectivity index (χ2v) is 6.62. The molecule has 0 aliphatic rings. The smallest absolute Gasteiger partial charge is 0.253 e. The van der Waals surface area contributed by atoms with Crippen LogP contribution in [-0.2, 0) is 13.1 Å². The van der Waals surface area contributed by atoms with Crippen LogP contribution in [0.15, 0.2) is 71.5 Å². The van der Waals surface area contributed by atoms with Crippen molar-refractivity contribution in [1.82, 2.24) is 14.7 Å². The molecule has 24 heavy (non-hydrogen) atoms. The highest BCUT2D eigenvalue weighted by Crippen LogP contribution is 2.13. The lowest BCUT2D eigenvalue weighted by Gasteiger charge is -2.16. The Kier molecular flexibility index (Phi) is 5.11. The summed E-state index contributed by atoms with van der Waals surface area (Å²) < 4.78 is 2.85. The molecule has 0 bridgehead atoms. The largest absolute Gasteiger partial charge is 0.337 e. The van der Waals surface area contributed by atoms with Gasteiger partial charge < -0.3 is 4.90 Å². The van der Waals surface area contributed by atoms with Gasteiger partial charge in [-0.3, -0.25) is 9.48 Å². The van der Waals surface area contributed by atoms with Crippen LogP contribution in [0.4, 0.5) is 0 Å². The first-order valence-corrected chi connectivity index (χ1v) is 8.47. The second kappa shape index (κ2) is 7.45. The lowest BCUT2D eigenvalue weighted by Crippen LogP contribution is -2.25. The Labute approximate surface area is 149 Å². The van der Waals surface area contributed by atoms with Crippen molar-refractivity contribution in [3.05, 3.63) is 88.2 Å². The standard InChI is InChI=1S/C19H18BrN3O/c1-22(19(24)17-7-9-18(20)10-8-17)12-16-11-21-23(14-16)13-15-5-3-2-4-6-15/h2-11,14H,12-13H2,1H3. The average Bonchev–Trinajstić information content (AvgIpc) is 3.02. The molecule has 0 radical (unpaired) electrons. The summed E-state index contributed by atoms with van der Waals surface area (Å²) in [6.45, 7) is 1.26. The molecule has 0 aliphatic heterocycles. The molecule has 1 aromatic heterocycles. The molecule has 0 spiro atoms. The Balaban J connectivity index is 1.63. The van der Waals surface area contributed by atoms with Gasteiger partial charge in [0, 0.05) is 35.4 Å². The number of hydrogen-bond donors (Lipinski definition) is 0. The van der Waals surface area contributed by atoms with Gasteiger partial charge >= 0.3 is 0 Å². The van der Waals surface area contributed by atoms with Crippen molar-refractivity contribution in [1.29, 1.82) is 0 Å². The molecule has 2 aromatic carbocycles. The molecule has 122 valence electrons. The van der Waals surface area contributed by atoms with Gasteiger partial charge in [-0.1, -0.05) is 46.3 Å². The quantitative estimate of drug-likeness (QED) is 0.668. The monoisotopic (exact) mass is 383 g/mol. The molecule has 0 saturated heterocycles. The van der Waals surface area contributed by atoms with Crippen LogP contribution < -0.4 is 0 Å². The molecule has 0 atom stereocenters. The van der Waals surface area contributed by atoms with Gasteiger partial charge in [-0.25, -0.2) is 0 Å². The first kappa shape index (κ1) is 16.5. The van der Waals surface area contributed by atoms with E-state index < -0.39 is 0 Å². The molecule has 1 amide bonds. The zero-order chi connectivity index (χ0) is 16.9. The van der Waals surface area contributed by atoms with E-state index in [-0.39, 0.29) is 5.91 Å². The molecule has 0 N–H and O–H groups in total. The Morgan fingerprint density at radius 3 is 2.50 bits per heavy atom. The normalized spacial score (nSPS) is 10.6. The van der Waals surface area contributed by atoms with Crippen LogP contribution in [0.25, 0.3) is 0 Å². The minimum atomic E-state index is -0.00157. The highest BCUT2D eigenvalue weighted by molar-refractivity contribution is 9.10. The van der Waals surface area contributed by atoms with Crippen LogP contribution >= 0.6 is 15.9 Å². The molecule has 5 heteroatoms. The van der Waals surface area contributed by atoms with Crippen LogP contribution in [0.5, 0.6) is 0 Å². The molecule has 3 rings (SSSR count). The fourth-order valence-corrected chi connectivity index (χ4v) is 2.77. The first-order chi connectivity index (χ1) is 11.6. The molecule has 3 aromatic rings. The summed E-state index contributed by atoms with van der Waals surface area (Å²) in [5.74, 6) is -0.00157. The summed E-state index contributed by atoms with van der Waals surface area (Å²) in [7, 11) is 1.80. The third-order valence-electron chi connectivity index (χ3n) is 3.73. The van der Waals surface area contributed by atoms with Gasteiger partial charge in [0.05, 0.1) is 12.7 Å². The van der Waals surface area contributed by atoms with E-state index in [0.29, 0.717) is 12.1 Å². The summed E-state index contributed by atoms with van der Waals surface area (Å²) in [4.78, 5) is 14.1. The van der Waals surface area contributed by atoms with E-state index in [2.05, 4.69) is 33.2 Å². The Morgan fingerprint density at radius 2 is 1.79 bits per heavy atom. The van der Waals surface area contributed by atoms with Crippen LogP contribution in [-0.4, -0.2) is 27.6 Å². The number of halogens is 1. The molecule has 0 aliphatic carbocycles. The fraction of sp³-hybridized carbons (Fsp3) is 0.158. The predicted octanol–water partition coefficient (Wildman–Crippen LogP) is 3.97. The number of rotatable bonds is 5. The van der Waals surface area contributed by atoms with E-state index in [1.165, 1.54) is 5.56 Å². The van der Waals surface area contributed by atoms with E-state index in [4.69, 9.17) is 0 Å². The maximum absolute atomic E-state index is 12.4. The van der Waals surface area contributed by atoms with E-state index in [9.17, 15) is 4.79 Å². The van der Waals surface area contributed by atoms with Crippen molar-refractivity contribution in [3.63, 3.8) is 0 Å². The van der Waals surface area contributed by atoms with Crippen LogP contribution in [0.2, 0.25) is 0 Å². The molecule has 0 saturated carbocycles. The first-order valence-electron chi connectivity index (χ1n) is 7.68. The summed E-state index contributed by atoms with van der Waals surface area (Å²) >= 11 is 3.38. The van der Waals surface area contributed by atoms with E-state index >= 15 is 0 Å². The molecular formula is C19H18BrN3O. The molecule has 1 heterocycles. The van der Waals surface area contributed by atoms with Crippen molar-refractivity contribution in [2.24, 2.45) is 0 Å². The second-order valence-electron chi connectivity index (χ2n) is 5.70. The number of carbonyl (C=O) groups excluding carboxylic acids is 1. The van der Waals surface area contributed by atoms with Gasteiger partial charge in [0.15, 0.2) is 0 Å². The fourth-order valence-electron chi connectivity index (χ4n) is 2.50. The minimum Gasteiger partial charge on any atom is -0.337 e. The number of benzene rings is 2. The highest BCUT2D eigenvalue weighted by Gasteiger charge is 2.12. The van der Waals surface area contributed by atoms with E-state index in [1.807, 2.05) is 59.5 Å². The Morgan fingerprint density at radius 1 is 1.08 bits per heavy atom. The summed E-state index contributed by atoms with van der Waals surface area (Å²) in [5.41, 5.74) is 2.89. The van der Waals surface area contributed by atoms with Crippen molar-refractivity contribution in [2.75, 3.05) is 7.05 Å². The third kappa shape index (κ3) is 4.11.